The van der Waals surface area contributed by atoms with Crippen molar-refractivity contribution in [2.75, 3.05) is 19.6 Å². The minimum absolute atomic E-state index is 0.0460. The van der Waals surface area contributed by atoms with Crippen molar-refractivity contribution in [1.82, 2.24) is 9.80 Å². The minimum atomic E-state index is -0.841. The van der Waals surface area contributed by atoms with E-state index in [0.29, 0.717) is 38.0 Å². The van der Waals surface area contributed by atoms with Crippen molar-refractivity contribution in [3.63, 3.8) is 0 Å². The van der Waals surface area contributed by atoms with E-state index in [1.807, 2.05) is 34.6 Å². The number of hydrogen-bond donors (Lipinski definition) is 1. The molecule has 0 radical (unpaired) electrons. The van der Waals surface area contributed by atoms with Crippen molar-refractivity contribution < 1.29 is 24.2 Å². The lowest BCUT2D eigenvalue weighted by Gasteiger charge is -2.65. The maximum Gasteiger partial charge on any atom is 0.303 e. The lowest BCUT2D eigenvalue weighted by molar-refractivity contribution is -0.224. The van der Waals surface area contributed by atoms with Gasteiger partial charge in [-0.3, -0.25) is 14.5 Å². The summed E-state index contributed by atoms with van der Waals surface area (Å²) in [5, 5.41) is 13.2. The molecular formula is C37H41BrN2O5S. The zero-order chi connectivity index (χ0) is 32.2. The van der Waals surface area contributed by atoms with Crippen molar-refractivity contribution in [1.29, 1.82) is 0 Å². The number of ether oxygens (including phenoxy) is 2. The third-order valence-corrected chi connectivity index (χ3v) is 12.2. The molecule has 46 heavy (non-hydrogen) atoms. The Kier molecular flexibility index (Phi) is 8.31. The number of esters is 1. The summed E-state index contributed by atoms with van der Waals surface area (Å²) in [5.41, 5.74) is 1.88. The number of likely N-dealkylation sites (tertiary alicyclic amines) is 1. The number of benzene rings is 2. The van der Waals surface area contributed by atoms with Crippen LogP contribution in [-0.2, 0) is 32.6 Å². The fraction of sp³-hybridized carbons (Fsp3) is 0.459. The van der Waals surface area contributed by atoms with Crippen molar-refractivity contribution in [3.05, 3.63) is 86.0 Å². The van der Waals surface area contributed by atoms with Gasteiger partial charge in [0.05, 0.1) is 17.5 Å². The molecule has 5 atom stereocenters. The third-order valence-electron chi connectivity index (χ3n) is 10.6. The van der Waals surface area contributed by atoms with Crippen LogP contribution in [0.25, 0.3) is 6.08 Å². The maximum absolute atomic E-state index is 14.1. The first-order chi connectivity index (χ1) is 22.1. The zero-order valence-electron chi connectivity index (χ0n) is 26.6. The number of piperidine rings is 1. The number of nitrogens with zero attached hydrogens (tertiary/aromatic N) is 2. The van der Waals surface area contributed by atoms with Gasteiger partial charge >= 0.3 is 5.97 Å². The number of carbonyl (C=O) groups excluding carboxylic acids is 2. The number of rotatable bonds is 9. The minimum Gasteiger partial charge on any atom is -0.504 e. The molecule has 1 amide bonds. The molecule has 2 aromatic carbocycles. The summed E-state index contributed by atoms with van der Waals surface area (Å²) in [5.74, 6) is 0.475. The average Bonchev–Trinajstić information content (AvgIpc) is 3.60. The Morgan fingerprint density at radius 1 is 1.22 bits per heavy atom. The fourth-order valence-electron chi connectivity index (χ4n) is 8.99. The first-order valence-corrected chi connectivity index (χ1v) is 18.0. The predicted octanol–water partition coefficient (Wildman–Crippen LogP) is 6.75. The Labute approximate surface area is 283 Å². The molecule has 2 aliphatic heterocycles. The normalized spacial score (nSPS) is 27.8. The Morgan fingerprint density at radius 3 is 2.74 bits per heavy atom. The van der Waals surface area contributed by atoms with E-state index in [0.717, 1.165) is 40.0 Å². The van der Waals surface area contributed by atoms with Gasteiger partial charge in [0.25, 0.3) is 0 Å². The number of carbonyl (C=O) groups is 2. The van der Waals surface area contributed by atoms with Crippen LogP contribution < -0.4 is 4.74 Å². The zero-order valence-corrected chi connectivity index (χ0v) is 29.0. The molecule has 1 spiro atoms. The SMILES string of the molecule is CC(=O)O[C@@]12CC[C@@H](N(CC(C)C)C(=O)/C=C/c3cc(Br)cs3)[C@@H]3Oc4c(O)ccc5c4[C@@]31CCN(CCc1ccccc1)[C@@H]2C5. The van der Waals surface area contributed by atoms with Crippen molar-refractivity contribution in [3.8, 4) is 11.5 Å². The van der Waals surface area contributed by atoms with Crippen LogP contribution in [-0.4, -0.2) is 70.2 Å². The smallest absolute Gasteiger partial charge is 0.303 e. The molecule has 1 saturated carbocycles. The molecule has 242 valence electrons. The van der Waals surface area contributed by atoms with Gasteiger partial charge in [-0.05, 0) is 89.8 Å². The van der Waals surface area contributed by atoms with Gasteiger partial charge in [-0.2, -0.15) is 0 Å². The van der Waals surface area contributed by atoms with E-state index in [4.69, 9.17) is 9.47 Å². The highest BCUT2D eigenvalue weighted by molar-refractivity contribution is 9.10. The van der Waals surface area contributed by atoms with Crippen LogP contribution in [0.15, 0.2) is 64.5 Å². The van der Waals surface area contributed by atoms with Gasteiger partial charge in [-0.25, -0.2) is 0 Å². The summed E-state index contributed by atoms with van der Waals surface area (Å²) in [4.78, 5) is 32.6. The first kappa shape index (κ1) is 31.5. The Morgan fingerprint density at radius 2 is 2.02 bits per heavy atom. The van der Waals surface area contributed by atoms with Gasteiger partial charge in [0.15, 0.2) is 11.5 Å². The van der Waals surface area contributed by atoms with Crippen molar-refractivity contribution in [2.24, 2.45) is 5.92 Å². The molecule has 3 aromatic rings. The molecule has 3 heterocycles. The highest BCUT2D eigenvalue weighted by Gasteiger charge is 2.75. The summed E-state index contributed by atoms with van der Waals surface area (Å²) in [7, 11) is 0. The first-order valence-electron chi connectivity index (χ1n) is 16.3. The summed E-state index contributed by atoms with van der Waals surface area (Å²) >= 11 is 5.09. The van der Waals surface area contributed by atoms with Gasteiger partial charge in [0.2, 0.25) is 5.91 Å². The molecule has 7 nitrogen and oxygen atoms in total. The van der Waals surface area contributed by atoms with E-state index in [1.165, 1.54) is 12.5 Å². The molecule has 7 rings (SSSR count). The second-order valence-corrected chi connectivity index (χ2v) is 15.5. The maximum atomic E-state index is 14.1. The molecule has 9 heteroatoms. The van der Waals surface area contributed by atoms with Crippen LogP contribution in [0.4, 0.5) is 0 Å². The second kappa shape index (κ2) is 12.1. The highest BCUT2D eigenvalue weighted by atomic mass is 79.9. The predicted molar refractivity (Wildman–Crippen MR) is 183 cm³/mol. The van der Waals surface area contributed by atoms with E-state index in [2.05, 4.69) is 58.9 Å². The van der Waals surface area contributed by atoms with E-state index in [-0.39, 0.29) is 35.6 Å². The molecule has 1 aromatic heterocycles. The molecule has 1 saturated heterocycles. The highest BCUT2D eigenvalue weighted by Crippen LogP contribution is 2.67. The summed E-state index contributed by atoms with van der Waals surface area (Å²) in [6.45, 7) is 7.99. The van der Waals surface area contributed by atoms with Crippen LogP contribution in [0.2, 0.25) is 0 Å². The fourth-order valence-corrected chi connectivity index (χ4v) is 10.3. The van der Waals surface area contributed by atoms with Gasteiger partial charge in [-0.1, -0.05) is 50.2 Å². The summed E-state index contributed by atoms with van der Waals surface area (Å²) in [6.07, 6.45) is 6.65. The number of phenols is 1. The molecule has 2 bridgehead atoms. The standard InChI is InChI=1S/C37H41BrN2O5S/c1-23(2)21-40(32(43)12-10-28-20-27(38)22-46-28)29-13-15-37(45-24(3)41)31-19-26-9-11-30(42)34-33(26)36(37,35(29)44-34)16-18-39(31)17-14-25-7-5-4-6-8-25/h4-12,20,22-23,29,31,35,42H,13-19,21H2,1-3H3/b12-10+/t29-,31-,35+,36+,37-/m1/s1. The Balaban J connectivity index is 1.30. The number of phenolic OH excluding ortho intramolecular Hbond substituents is 1. The molecule has 1 N–H and O–H groups in total. The van der Waals surface area contributed by atoms with Crippen LogP contribution in [0.3, 0.4) is 0 Å². The van der Waals surface area contributed by atoms with Crippen LogP contribution in [0, 0.1) is 5.92 Å². The van der Waals surface area contributed by atoms with Crippen LogP contribution in [0.1, 0.15) is 61.6 Å². The number of amides is 1. The van der Waals surface area contributed by atoms with Gasteiger partial charge in [0.1, 0.15) is 11.7 Å². The summed E-state index contributed by atoms with van der Waals surface area (Å²) in [6, 6.07) is 16.0. The van der Waals surface area contributed by atoms with Crippen molar-refractivity contribution in [2.45, 2.75) is 82.1 Å². The summed E-state index contributed by atoms with van der Waals surface area (Å²) < 4.78 is 14.5. The lowest BCUT2D eigenvalue weighted by Crippen LogP contribution is -2.79. The third kappa shape index (κ3) is 5.10. The largest absolute Gasteiger partial charge is 0.504 e. The molecule has 0 unspecified atom stereocenters. The van der Waals surface area contributed by atoms with Crippen LogP contribution in [0.5, 0.6) is 11.5 Å². The number of thiophene rings is 1. The van der Waals surface area contributed by atoms with Gasteiger partial charge in [-0.15, -0.1) is 11.3 Å². The Bertz CT molecular complexity index is 1670. The van der Waals surface area contributed by atoms with Crippen molar-refractivity contribution >= 4 is 45.2 Å². The quantitative estimate of drug-likeness (QED) is 0.196. The number of aromatic hydroxyl groups is 1. The van der Waals surface area contributed by atoms with E-state index >= 15 is 0 Å². The van der Waals surface area contributed by atoms with E-state index < -0.39 is 17.1 Å². The number of hydrogen-bond acceptors (Lipinski definition) is 7. The molecule has 4 aliphatic rings. The average molecular weight is 706 g/mol. The van der Waals surface area contributed by atoms with E-state index in [1.54, 1.807) is 23.5 Å². The topological polar surface area (TPSA) is 79.3 Å². The molecule has 2 aliphatic carbocycles. The van der Waals surface area contributed by atoms with Gasteiger partial charge in [0, 0.05) is 46.4 Å². The molecule has 2 fully saturated rings. The van der Waals surface area contributed by atoms with E-state index in [9.17, 15) is 14.7 Å². The van der Waals surface area contributed by atoms with Gasteiger partial charge < -0.3 is 19.5 Å². The lowest BCUT2D eigenvalue weighted by atomic mass is 9.48. The molecular weight excluding hydrogens is 664 g/mol. The number of halogens is 1. The monoisotopic (exact) mass is 704 g/mol. The second-order valence-electron chi connectivity index (χ2n) is 13.7. The Hall–Kier alpha value is -3.14. The van der Waals surface area contributed by atoms with Crippen LogP contribution >= 0.6 is 27.3 Å².